The fourth-order valence-corrected chi connectivity index (χ4v) is 2.27. The summed E-state index contributed by atoms with van der Waals surface area (Å²) in [5.74, 6) is 0.967. The van der Waals surface area contributed by atoms with Crippen molar-refractivity contribution in [3.63, 3.8) is 0 Å². The smallest absolute Gasteiger partial charge is 0.235 e. The number of nitrogens with one attached hydrogen (secondary N) is 1. The Morgan fingerprint density at radius 2 is 1.95 bits per heavy atom. The van der Waals surface area contributed by atoms with Crippen molar-refractivity contribution in [2.45, 2.75) is 44.8 Å². The second-order valence-electron chi connectivity index (χ2n) is 4.69. The molecule has 6 heteroatoms. The van der Waals surface area contributed by atoms with Gasteiger partial charge in [-0.15, -0.1) is 0 Å². The van der Waals surface area contributed by atoms with Crippen molar-refractivity contribution in [3.8, 4) is 11.8 Å². The number of rotatable bonds is 4. The van der Waals surface area contributed by atoms with E-state index in [0.717, 1.165) is 25.7 Å². The van der Waals surface area contributed by atoms with E-state index in [1.807, 2.05) is 0 Å². The Morgan fingerprint density at radius 1 is 1.26 bits per heavy atom. The van der Waals surface area contributed by atoms with Gasteiger partial charge in [-0.3, -0.25) is 9.78 Å². The summed E-state index contributed by atoms with van der Waals surface area (Å²) in [6, 6.07) is 0.272. The predicted octanol–water partition coefficient (Wildman–Crippen LogP) is 1.31. The lowest BCUT2D eigenvalue weighted by Crippen LogP contribution is -2.38. The first-order valence-electron chi connectivity index (χ1n) is 6.47. The van der Waals surface area contributed by atoms with Gasteiger partial charge in [0.05, 0.1) is 19.5 Å². The summed E-state index contributed by atoms with van der Waals surface area (Å²) in [5.41, 5.74) is 0. The largest absolute Gasteiger partial charge is 0.480 e. The number of aromatic nitrogens is 2. The van der Waals surface area contributed by atoms with Crippen LogP contribution in [-0.2, 0) is 4.79 Å². The normalized spacial score (nSPS) is 22.6. The lowest BCUT2D eigenvalue weighted by atomic mass is 9.93. The molecule has 0 radical (unpaired) electrons. The molecule has 6 nitrogen and oxygen atoms in total. The quantitative estimate of drug-likeness (QED) is 0.888. The molecule has 0 atom stereocenters. The molecule has 1 fully saturated rings. The van der Waals surface area contributed by atoms with Crippen LogP contribution in [0.4, 0.5) is 0 Å². The van der Waals surface area contributed by atoms with Gasteiger partial charge in [-0.1, -0.05) is 0 Å². The van der Waals surface area contributed by atoms with Crippen LogP contribution in [0.1, 0.15) is 32.6 Å². The van der Waals surface area contributed by atoms with Gasteiger partial charge in [-0.2, -0.15) is 4.98 Å². The highest BCUT2D eigenvalue weighted by atomic mass is 16.5. The minimum atomic E-state index is 0.0306. The van der Waals surface area contributed by atoms with Crippen LogP contribution in [0.15, 0.2) is 12.4 Å². The van der Waals surface area contributed by atoms with Crippen LogP contribution >= 0.6 is 0 Å². The average molecular weight is 265 g/mol. The van der Waals surface area contributed by atoms with E-state index in [4.69, 9.17) is 9.47 Å². The predicted molar refractivity (Wildman–Crippen MR) is 69.1 cm³/mol. The lowest BCUT2D eigenvalue weighted by molar-refractivity contribution is -0.120. The molecule has 1 heterocycles. The molecule has 1 N–H and O–H groups in total. The molecule has 0 aromatic carbocycles. The zero-order valence-corrected chi connectivity index (χ0v) is 11.3. The highest BCUT2D eigenvalue weighted by molar-refractivity contribution is 5.73. The van der Waals surface area contributed by atoms with E-state index >= 15 is 0 Å². The molecule has 19 heavy (non-hydrogen) atoms. The summed E-state index contributed by atoms with van der Waals surface area (Å²) in [4.78, 5) is 19.2. The second-order valence-corrected chi connectivity index (χ2v) is 4.69. The van der Waals surface area contributed by atoms with Gasteiger partial charge in [-0.05, 0) is 25.7 Å². The van der Waals surface area contributed by atoms with Crippen LogP contribution in [0.2, 0.25) is 0 Å². The van der Waals surface area contributed by atoms with Gasteiger partial charge in [0.1, 0.15) is 6.10 Å². The Labute approximate surface area is 112 Å². The first-order chi connectivity index (χ1) is 9.17. The second kappa shape index (κ2) is 6.36. The van der Waals surface area contributed by atoms with E-state index in [9.17, 15) is 4.79 Å². The number of methoxy groups -OCH3 is 1. The minimum Gasteiger partial charge on any atom is -0.480 e. The zero-order valence-electron chi connectivity index (χ0n) is 11.3. The van der Waals surface area contributed by atoms with Crippen molar-refractivity contribution in [1.82, 2.24) is 15.3 Å². The molecule has 0 unspecified atom stereocenters. The molecule has 0 spiro atoms. The molecule has 1 aromatic rings. The summed E-state index contributed by atoms with van der Waals surface area (Å²) >= 11 is 0. The molecule has 104 valence electrons. The van der Waals surface area contributed by atoms with Crippen molar-refractivity contribution in [3.05, 3.63) is 12.4 Å². The van der Waals surface area contributed by atoms with Crippen molar-refractivity contribution >= 4 is 5.91 Å². The fourth-order valence-electron chi connectivity index (χ4n) is 2.27. The maximum Gasteiger partial charge on any atom is 0.235 e. The molecule has 0 saturated heterocycles. The molecule has 0 bridgehead atoms. The lowest BCUT2D eigenvalue weighted by Gasteiger charge is -2.28. The number of amides is 1. The Morgan fingerprint density at radius 3 is 2.58 bits per heavy atom. The van der Waals surface area contributed by atoms with E-state index in [0.29, 0.717) is 11.8 Å². The third kappa shape index (κ3) is 4.08. The summed E-state index contributed by atoms with van der Waals surface area (Å²) in [7, 11) is 1.55. The van der Waals surface area contributed by atoms with E-state index in [-0.39, 0.29) is 18.1 Å². The maximum absolute atomic E-state index is 11.0. The summed E-state index contributed by atoms with van der Waals surface area (Å²) in [6.07, 6.45) is 6.94. The van der Waals surface area contributed by atoms with Crippen LogP contribution in [0, 0.1) is 0 Å². The van der Waals surface area contributed by atoms with Gasteiger partial charge in [0.2, 0.25) is 17.7 Å². The van der Waals surface area contributed by atoms with Gasteiger partial charge in [0.25, 0.3) is 0 Å². The summed E-state index contributed by atoms with van der Waals surface area (Å²) < 4.78 is 10.8. The van der Waals surface area contributed by atoms with Gasteiger partial charge >= 0.3 is 0 Å². The molecule has 1 amide bonds. The molecule has 0 aliphatic heterocycles. The van der Waals surface area contributed by atoms with Crippen LogP contribution in [0.25, 0.3) is 0 Å². The molecule has 1 saturated carbocycles. The first kappa shape index (κ1) is 13.6. The number of ether oxygens (including phenoxy) is 2. The molecular weight excluding hydrogens is 246 g/mol. The van der Waals surface area contributed by atoms with Crippen molar-refractivity contribution in [2.24, 2.45) is 0 Å². The van der Waals surface area contributed by atoms with Crippen molar-refractivity contribution in [1.29, 1.82) is 0 Å². The van der Waals surface area contributed by atoms with Crippen molar-refractivity contribution in [2.75, 3.05) is 7.11 Å². The highest BCUT2D eigenvalue weighted by Crippen LogP contribution is 2.23. The van der Waals surface area contributed by atoms with Gasteiger partial charge in [0, 0.05) is 13.0 Å². The minimum absolute atomic E-state index is 0.0306. The average Bonchev–Trinajstić information content (AvgIpc) is 2.41. The number of nitrogens with zero attached hydrogens (tertiary/aromatic N) is 2. The van der Waals surface area contributed by atoms with E-state index in [1.54, 1.807) is 26.4 Å². The molecule has 1 aromatic heterocycles. The summed E-state index contributed by atoms with van der Waals surface area (Å²) in [5, 5.41) is 2.94. The number of hydrogen-bond acceptors (Lipinski definition) is 5. The highest BCUT2D eigenvalue weighted by Gasteiger charge is 2.23. The Hall–Kier alpha value is -1.85. The number of carbonyl (C=O) groups is 1. The third-order valence-corrected chi connectivity index (χ3v) is 3.17. The number of carbonyl (C=O) groups excluding carboxylic acids is 1. The standard InChI is InChI=1S/C13H19N3O3/c1-9(17)15-10-3-5-11(6-4-10)19-13-8-14-7-12(16-13)18-2/h7-8,10-11H,3-6H2,1-2H3,(H,15,17). The van der Waals surface area contributed by atoms with Crippen LogP contribution in [0.5, 0.6) is 11.8 Å². The van der Waals surface area contributed by atoms with Gasteiger partial charge in [0.15, 0.2) is 0 Å². The first-order valence-corrected chi connectivity index (χ1v) is 6.47. The summed E-state index contributed by atoms with van der Waals surface area (Å²) in [6.45, 7) is 1.55. The molecule has 1 aliphatic carbocycles. The zero-order chi connectivity index (χ0) is 13.7. The van der Waals surface area contributed by atoms with E-state index in [2.05, 4.69) is 15.3 Å². The topological polar surface area (TPSA) is 73.3 Å². The Bertz CT molecular complexity index is 431. The van der Waals surface area contributed by atoms with E-state index < -0.39 is 0 Å². The Kier molecular flexibility index (Phi) is 4.54. The number of hydrogen-bond donors (Lipinski definition) is 1. The van der Waals surface area contributed by atoms with E-state index in [1.165, 1.54) is 0 Å². The molecule has 2 rings (SSSR count). The van der Waals surface area contributed by atoms with Crippen molar-refractivity contribution < 1.29 is 14.3 Å². The maximum atomic E-state index is 11.0. The molecular formula is C13H19N3O3. The SMILES string of the molecule is COc1cncc(OC2CCC(NC(C)=O)CC2)n1. The Balaban J connectivity index is 1.83. The van der Waals surface area contributed by atoms with Crippen LogP contribution in [0.3, 0.4) is 0 Å². The van der Waals surface area contributed by atoms with Crippen LogP contribution < -0.4 is 14.8 Å². The van der Waals surface area contributed by atoms with Gasteiger partial charge in [-0.25, -0.2) is 0 Å². The fraction of sp³-hybridized carbons (Fsp3) is 0.615. The van der Waals surface area contributed by atoms with Crippen LogP contribution in [-0.4, -0.2) is 35.1 Å². The van der Waals surface area contributed by atoms with Gasteiger partial charge < -0.3 is 14.8 Å². The molecule has 1 aliphatic rings. The third-order valence-electron chi connectivity index (χ3n) is 3.17. The monoisotopic (exact) mass is 265 g/mol.